The topological polar surface area (TPSA) is 312 Å². The van der Waals surface area contributed by atoms with Crippen LogP contribution in [-0.4, -0.2) is 180 Å². The van der Waals surface area contributed by atoms with Crippen LogP contribution >= 0.6 is 0 Å². The first-order chi connectivity index (χ1) is 30.9. The SMILES string of the molecule is C=C1CC[C@]2(C(=O)O[C@@H]3O[C@H](CO[C@@H]4O[C@H](CO)[C@@H](O[C@@H]5O[C@@H](C)[C@H](O)[C@@H](O)[C@H]5O)[C@H](O)[C@H]4O)[C@@H](O)[C@H](O)[C@H]3O)CC[C@]3(C)C(=CC[C@@H]4[C@@]5(C)CC[C@H](O)[C@@](C)(C(=O)O)[C@@H]5CC[C@]43C)[C@@H]2C1. The summed E-state index contributed by atoms with van der Waals surface area (Å²) >= 11 is 0. The van der Waals surface area contributed by atoms with Crippen molar-refractivity contribution in [1.29, 1.82) is 0 Å². The minimum absolute atomic E-state index is 0.125. The van der Waals surface area contributed by atoms with Crippen LogP contribution in [-0.2, 0) is 38.0 Å². The molecular formula is C47H72O19. The molecule has 7 fully saturated rings. The molecule has 0 aromatic carbocycles. The first kappa shape index (κ1) is 50.2. The largest absolute Gasteiger partial charge is 0.481 e. The maximum atomic E-state index is 14.8. The van der Waals surface area contributed by atoms with Crippen LogP contribution in [0.25, 0.3) is 0 Å². The molecule has 66 heavy (non-hydrogen) atoms. The zero-order valence-corrected chi connectivity index (χ0v) is 38.4. The molecule has 374 valence electrons. The van der Waals surface area contributed by atoms with Gasteiger partial charge in [0.1, 0.15) is 67.1 Å². The average molecular weight is 941 g/mol. The lowest BCUT2D eigenvalue weighted by atomic mass is 9.33. The fraction of sp³-hybridized carbons (Fsp3) is 0.872. The molecule has 0 aromatic rings. The van der Waals surface area contributed by atoms with Gasteiger partial charge in [-0.1, -0.05) is 44.6 Å². The Hall–Kier alpha value is -2.18. The van der Waals surface area contributed by atoms with E-state index < -0.39 is 134 Å². The molecule has 0 amide bonds. The molecule has 4 saturated carbocycles. The Morgan fingerprint density at radius 1 is 0.742 bits per heavy atom. The number of aliphatic hydroxyl groups excluding tert-OH is 10. The quantitative estimate of drug-likeness (QED) is 0.105. The number of rotatable bonds is 9. The predicted molar refractivity (Wildman–Crippen MR) is 226 cm³/mol. The summed E-state index contributed by atoms with van der Waals surface area (Å²) in [5, 5.41) is 118. The van der Waals surface area contributed by atoms with Gasteiger partial charge in [-0.15, -0.1) is 0 Å². The van der Waals surface area contributed by atoms with Crippen LogP contribution in [0.15, 0.2) is 23.8 Å². The van der Waals surface area contributed by atoms with Crippen molar-refractivity contribution < 1.29 is 94.2 Å². The normalized spacial score (nSPS) is 53.9. The van der Waals surface area contributed by atoms with Crippen molar-refractivity contribution in [2.45, 2.75) is 197 Å². The fourth-order valence-electron chi connectivity index (χ4n) is 14.4. The number of allylic oxidation sites excluding steroid dienone is 3. The smallest absolute Gasteiger partial charge is 0.315 e. The van der Waals surface area contributed by atoms with Gasteiger partial charge in [0.15, 0.2) is 12.6 Å². The average Bonchev–Trinajstić information content (AvgIpc) is 3.28. The molecule has 3 aliphatic heterocycles. The molecule has 19 nitrogen and oxygen atoms in total. The first-order valence-electron chi connectivity index (χ1n) is 23.7. The third kappa shape index (κ3) is 7.57. The molecule has 19 heteroatoms. The second-order valence-corrected chi connectivity index (χ2v) is 21.8. The number of esters is 1. The molecule has 24 atom stereocenters. The number of ether oxygens (including phenoxy) is 6. The molecule has 0 spiro atoms. The Morgan fingerprint density at radius 2 is 1.39 bits per heavy atom. The molecular weight excluding hydrogens is 868 g/mol. The van der Waals surface area contributed by atoms with E-state index in [2.05, 4.69) is 33.4 Å². The third-order valence-electron chi connectivity index (χ3n) is 18.8. The van der Waals surface area contributed by atoms with Crippen molar-refractivity contribution >= 4 is 11.9 Å². The van der Waals surface area contributed by atoms with Gasteiger partial charge in [0.05, 0.1) is 36.3 Å². The van der Waals surface area contributed by atoms with E-state index in [9.17, 15) is 65.8 Å². The lowest BCUT2D eigenvalue weighted by Gasteiger charge is -2.70. The number of carboxylic acid groups (broad SMARTS) is 1. The van der Waals surface area contributed by atoms with Crippen molar-refractivity contribution in [3.05, 3.63) is 23.8 Å². The predicted octanol–water partition coefficient (Wildman–Crippen LogP) is -0.237. The number of aliphatic hydroxyl groups is 10. The van der Waals surface area contributed by atoms with Crippen LogP contribution in [0.1, 0.15) is 98.8 Å². The zero-order valence-electron chi connectivity index (χ0n) is 38.4. The maximum absolute atomic E-state index is 14.8. The maximum Gasteiger partial charge on any atom is 0.315 e. The molecule has 5 aliphatic carbocycles. The molecule has 8 rings (SSSR count). The highest BCUT2D eigenvalue weighted by Gasteiger charge is 2.71. The molecule has 0 unspecified atom stereocenters. The van der Waals surface area contributed by atoms with Gasteiger partial charge in [-0.3, -0.25) is 9.59 Å². The summed E-state index contributed by atoms with van der Waals surface area (Å²) < 4.78 is 34.5. The molecule has 3 saturated heterocycles. The van der Waals surface area contributed by atoms with Crippen molar-refractivity contribution in [1.82, 2.24) is 0 Å². The standard InChI is InChI=1S/C47H72O19/c1-20-9-14-47(16-15-44(4)22(23(47)17-20)7-8-26-43(3)12-11-28(49)46(6,41(58)59)27(43)10-13-45(26,44)5)42(60)66-40-35(56)32(53)30(51)25(64-40)19-61-38-36(57)33(54)37(24(18-48)63-38)65-39-34(55)31(52)29(50)21(2)62-39/h7,21,23-40,48-57H,1,8-19H2,2-6H3,(H,58,59)/t21-,23-,24+,25+,26+,27+,28-,29-,30+,31+,32-,33+,34+,35+,36+,37+,38+,39-,40-,43+,44+,45+,46-,47-/m0/s1. The van der Waals surface area contributed by atoms with Crippen LogP contribution in [0.3, 0.4) is 0 Å². The van der Waals surface area contributed by atoms with Crippen molar-refractivity contribution in [3.8, 4) is 0 Å². The molecule has 8 aliphatic rings. The van der Waals surface area contributed by atoms with E-state index in [-0.39, 0.29) is 34.0 Å². The Labute approximate surface area is 384 Å². The van der Waals surface area contributed by atoms with Crippen molar-refractivity contribution in [2.75, 3.05) is 13.2 Å². The Balaban J connectivity index is 0.970. The highest BCUT2D eigenvalue weighted by molar-refractivity contribution is 5.79. The van der Waals surface area contributed by atoms with Crippen LogP contribution in [0, 0.1) is 44.8 Å². The van der Waals surface area contributed by atoms with E-state index in [0.29, 0.717) is 57.8 Å². The highest BCUT2D eigenvalue weighted by atomic mass is 16.8. The van der Waals surface area contributed by atoms with Crippen molar-refractivity contribution in [3.63, 3.8) is 0 Å². The van der Waals surface area contributed by atoms with Crippen LogP contribution < -0.4 is 0 Å². The summed E-state index contributed by atoms with van der Waals surface area (Å²) in [6, 6.07) is 0. The number of fused-ring (bicyclic) bond motifs is 7. The molecule has 0 radical (unpaired) electrons. The Kier molecular flexibility index (Phi) is 13.6. The molecule has 11 N–H and O–H groups in total. The van der Waals surface area contributed by atoms with E-state index in [4.69, 9.17) is 28.4 Å². The monoisotopic (exact) mass is 940 g/mol. The number of aliphatic carboxylic acids is 1. The van der Waals surface area contributed by atoms with Gasteiger partial charge in [-0.05, 0) is 106 Å². The number of carbonyl (C=O) groups excluding carboxylic acids is 1. The summed E-state index contributed by atoms with van der Waals surface area (Å²) in [5.74, 6) is -2.00. The Bertz CT molecular complexity index is 1880. The number of carboxylic acids is 1. The Morgan fingerprint density at radius 3 is 2.08 bits per heavy atom. The number of hydrogen-bond acceptors (Lipinski definition) is 18. The zero-order chi connectivity index (χ0) is 48.2. The van der Waals surface area contributed by atoms with Gasteiger partial charge in [0.2, 0.25) is 6.29 Å². The highest BCUT2D eigenvalue weighted by Crippen LogP contribution is 2.75. The fourth-order valence-corrected chi connectivity index (χ4v) is 14.4. The minimum atomic E-state index is -1.87. The second-order valence-electron chi connectivity index (χ2n) is 21.8. The van der Waals surface area contributed by atoms with Crippen molar-refractivity contribution in [2.24, 2.45) is 44.8 Å². The first-order valence-corrected chi connectivity index (χ1v) is 23.7. The number of carbonyl (C=O) groups is 2. The summed E-state index contributed by atoms with van der Waals surface area (Å²) in [4.78, 5) is 27.6. The van der Waals surface area contributed by atoms with E-state index in [0.717, 1.165) is 17.6 Å². The second kappa shape index (κ2) is 17.9. The van der Waals surface area contributed by atoms with Gasteiger partial charge in [-0.2, -0.15) is 0 Å². The van der Waals surface area contributed by atoms with Gasteiger partial charge in [-0.25, -0.2) is 0 Å². The van der Waals surface area contributed by atoms with Gasteiger partial charge in [0.25, 0.3) is 0 Å². The third-order valence-corrected chi connectivity index (χ3v) is 18.8. The lowest BCUT2D eigenvalue weighted by Crippen LogP contribution is -2.66. The lowest BCUT2D eigenvalue weighted by molar-refractivity contribution is -0.361. The number of hydrogen-bond donors (Lipinski definition) is 11. The van der Waals surface area contributed by atoms with Crippen LogP contribution in [0.4, 0.5) is 0 Å². The minimum Gasteiger partial charge on any atom is -0.481 e. The van der Waals surface area contributed by atoms with Gasteiger partial charge in [0, 0.05) is 5.92 Å². The van der Waals surface area contributed by atoms with Crippen LogP contribution in [0.5, 0.6) is 0 Å². The van der Waals surface area contributed by atoms with Crippen LogP contribution in [0.2, 0.25) is 0 Å². The summed E-state index contributed by atoms with van der Waals surface area (Å²) in [5.41, 5.74) is -1.16. The van der Waals surface area contributed by atoms with Gasteiger partial charge < -0.3 is 84.6 Å². The van der Waals surface area contributed by atoms with E-state index in [1.165, 1.54) is 6.92 Å². The molecule has 0 bridgehead atoms. The summed E-state index contributed by atoms with van der Waals surface area (Å²) in [6.07, 6.45) is -17.4. The van der Waals surface area contributed by atoms with E-state index in [1.54, 1.807) is 6.92 Å². The molecule has 0 aromatic heterocycles. The summed E-state index contributed by atoms with van der Waals surface area (Å²) in [7, 11) is 0. The van der Waals surface area contributed by atoms with E-state index >= 15 is 0 Å². The molecule has 3 heterocycles. The van der Waals surface area contributed by atoms with Gasteiger partial charge >= 0.3 is 11.9 Å². The van der Waals surface area contributed by atoms with E-state index in [1.807, 2.05) is 0 Å². The summed E-state index contributed by atoms with van der Waals surface area (Å²) in [6.45, 7) is 12.9.